The summed E-state index contributed by atoms with van der Waals surface area (Å²) < 4.78 is 0. The maximum Gasteiger partial charge on any atom is 0.103 e. The lowest BCUT2D eigenvalue weighted by Crippen LogP contribution is -2.45. The summed E-state index contributed by atoms with van der Waals surface area (Å²) >= 11 is 5.06. The average molecular weight is 325 g/mol. The molecule has 1 heterocycles. The van der Waals surface area contributed by atoms with Gasteiger partial charge in [-0.15, -0.1) is 0 Å². The normalized spacial score (nSPS) is 16.3. The smallest absolute Gasteiger partial charge is 0.103 e. The third-order valence-electron chi connectivity index (χ3n) is 4.33. The highest BCUT2D eigenvalue weighted by molar-refractivity contribution is 7.80. The molecule has 23 heavy (non-hydrogen) atoms. The van der Waals surface area contributed by atoms with Crippen LogP contribution in [-0.4, -0.2) is 41.0 Å². The second-order valence-corrected chi connectivity index (χ2v) is 6.54. The Labute approximate surface area is 143 Å². The molecule has 120 valence electrons. The van der Waals surface area contributed by atoms with E-state index >= 15 is 0 Å². The van der Waals surface area contributed by atoms with Gasteiger partial charge in [-0.25, -0.2) is 0 Å². The number of hydrogen-bond acceptors (Lipinski definition) is 3. The Kier molecular flexibility index (Phi) is 5.39. The number of nitrogens with zero attached hydrogens (tertiary/aromatic N) is 2. The van der Waals surface area contributed by atoms with Gasteiger partial charge in [-0.3, -0.25) is 9.80 Å². The number of piperazine rings is 1. The predicted octanol–water partition coefficient (Wildman–Crippen LogP) is 2.64. The first-order valence-corrected chi connectivity index (χ1v) is 8.49. The van der Waals surface area contributed by atoms with E-state index in [1.165, 1.54) is 11.1 Å². The number of thiocarbonyl (C=S) groups is 1. The van der Waals surface area contributed by atoms with Gasteiger partial charge in [-0.05, 0) is 17.2 Å². The molecule has 1 aliphatic rings. The van der Waals surface area contributed by atoms with Gasteiger partial charge >= 0.3 is 0 Å². The van der Waals surface area contributed by atoms with Gasteiger partial charge in [0.1, 0.15) is 4.99 Å². The van der Waals surface area contributed by atoms with Crippen LogP contribution in [0.15, 0.2) is 54.6 Å². The Morgan fingerprint density at radius 1 is 0.826 bits per heavy atom. The van der Waals surface area contributed by atoms with Gasteiger partial charge in [0.15, 0.2) is 0 Å². The zero-order valence-electron chi connectivity index (χ0n) is 13.3. The van der Waals surface area contributed by atoms with Gasteiger partial charge in [-0.2, -0.15) is 0 Å². The highest BCUT2D eigenvalue weighted by Gasteiger charge is 2.17. The Bertz CT molecular complexity index is 649. The van der Waals surface area contributed by atoms with Crippen LogP contribution < -0.4 is 5.73 Å². The molecule has 3 rings (SSSR count). The molecule has 1 fully saturated rings. The summed E-state index contributed by atoms with van der Waals surface area (Å²) in [5, 5.41) is 0. The molecule has 1 saturated heterocycles. The molecule has 0 aromatic heterocycles. The summed E-state index contributed by atoms with van der Waals surface area (Å²) in [5.41, 5.74) is 9.35. The Hall–Kier alpha value is -1.75. The lowest BCUT2D eigenvalue weighted by molar-refractivity contribution is 0.122. The van der Waals surface area contributed by atoms with Crippen LogP contribution in [0, 0.1) is 0 Å². The molecule has 3 nitrogen and oxygen atoms in total. The third-order valence-corrected chi connectivity index (χ3v) is 4.57. The van der Waals surface area contributed by atoms with Gasteiger partial charge in [0, 0.05) is 44.8 Å². The first-order chi connectivity index (χ1) is 11.2. The molecule has 2 aromatic rings. The van der Waals surface area contributed by atoms with Crippen molar-refractivity contribution in [1.29, 1.82) is 0 Å². The van der Waals surface area contributed by atoms with E-state index in [4.69, 9.17) is 18.0 Å². The average Bonchev–Trinajstić information content (AvgIpc) is 2.58. The zero-order chi connectivity index (χ0) is 16.1. The van der Waals surface area contributed by atoms with E-state index in [-0.39, 0.29) is 0 Å². The van der Waals surface area contributed by atoms with Crippen LogP contribution in [0.5, 0.6) is 0 Å². The first kappa shape index (κ1) is 16.1. The van der Waals surface area contributed by atoms with Crippen molar-refractivity contribution in [3.63, 3.8) is 0 Å². The second kappa shape index (κ2) is 7.68. The maximum absolute atomic E-state index is 5.72. The van der Waals surface area contributed by atoms with Gasteiger partial charge in [0.05, 0.1) is 0 Å². The van der Waals surface area contributed by atoms with E-state index in [1.54, 1.807) is 0 Å². The van der Waals surface area contributed by atoms with Crippen molar-refractivity contribution < 1.29 is 0 Å². The minimum Gasteiger partial charge on any atom is -0.389 e. The van der Waals surface area contributed by atoms with Crippen molar-refractivity contribution in [2.75, 3.05) is 26.2 Å². The fourth-order valence-electron chi connectivity index (χ4n) is 3.03. The van der Waals surface area contributed by atoms with Crippen molar-refractivity contribution in [3.05, 3.63) is 71.3 Å². The predicted molar refractivity (Wildman–Crippen MR) is 99.3 cm³/mol. The Morgan fingerprint density at radius 2 is 1.39 bits per heavy atom. The molecule has 2 aromatic carbocycles. The number of nitrogens with two attached hydrogens (primary N) is 1. The monoisotopic (exact) mass is 325 g/mol. The summed E-state index contributed by atoms with van der Waals surface area (Å²) in [7, 11) is 0. The summed E-state index contributed by atoms with van der Waals surface area (Å²) in [5.74, 6) is 0. The molecular weight excluding hydrogens is 302 g/mol. The molecular formula is C19H23N3S. The summed E-state index contributed by atoms with van der Waals surface area (Å²) in [4.78, 5) is 5.50. The molecule has 0 aliphatic carbocycles. The third kappa shape index (κ3) is 4.61. The fraction of sp³-hybridized carbons (Fsp3) is 0.316. The van der Waals surface area contributed by atoms with E-state index in [1.807, 2.05) is 12.1 Å². The molecule has 0 amide bonds. The SMILES string of the molecule is NC(=S)c1cccc(CN2CCN(Cc3ccccc3)CC2)c1. The topological polar surface area (TPSA) is 32.5 Å². The van der Waals surface area contributed by atoms with Gasteiger partial charge < -0.3 is 5.73 Å². The van der Waals surface area contributed by atoms with Crippen LogP contribution in [0.3, 0.4) is 0 Å². The van der Waals surface area contributed by atoms with Gasteiger partial charge in [0.2, 0.25) is 0 Å². The standard InChI is InChI=1S/C19H23N3S/c20-19(23)18-8-4-7-17(13-18)15-22-11-9-21(10-12-22)14-16-5-2-1-3-6-16/h1-8,13H,9-12,14-15H2,(H2,20,23). The van der Waals surface area contributed by atoms with Crippen LogP contribution in [0.4, 0.5) is 0 Å². The Morgan fingerprint density at radius 3 is 2.00 bits per heavy atom. The fourth-order valence-corrected chi connectivity index (χ4v) is 3.16. The molecule has 0 bridgehead atoms. The van der Waals surface area contributed by atoms with Crippen LogP contribution in [0.1, 0.15) is 16.7 Å². The van der Waals surface area contributed by atoms with Crippen molar-refractivity contribution in [2.24, 2.45) is 5.73 Å². The molecule has 0 saturated carbocycles. The van der Waals surface area contributed by atoms with Crippen LogP contribution in [0.2, 0.25) is 0 Å². The molecule has 0 atom stereocenters. The second-order valence-electron chi connectivity index (χ2n) is 6.10. The van der Waals surface area contributed by atoms with Gasteiger partial charge in [-0.1, -0.05) is 60.7 Å². The maximum atomic E-state index is 5.72. The molecule has 0 radical (unpaired) electrons. The van der Waals surface area contributed by atoms with Crippen LogP contribution in [-0.2, 0) is 13.1 Å². The highest BCUT2D eigenvalue weighted by atomic mass is 32.1. The molecule has 4 heteroatoms. The Balaban J connectivity index is 1.51. The molecule has 2 N–H and O–H groups in total. The molecule has 1 aliphatic heterocycles. The van der Waals surface area contributed by atoms with E-state index in [0.29, 0.717) is 4.99 Å². The van der Waals surface area contributed by atoms with Crippen molar-refractivity contribution in [3.8, 4) is 0 Å². The lowest BCUT2D eigenvalue weighted by Gasteiger charge is -2.34. The van der Waals surface area contributed by atoms with E-state index in [0.717, 1.165) is 44.8 Å². The largest absolute Gasteiger partial charge is 0.389 e. The minimum absolute atomic E-state index is 0.472. The zero-order valence-corrected chi connectivity index (χ0v) is 14.1. The summed E-state index contributed by atoms with van der Waals surface area (Å²) in [6, 6.07) is 19.0. The number of rotatable bonds is 5. The number of hydrogen-bond donors (Lipinski definition) is 1. The molecule has 0 unspecified atom stereocenters. The van der Waals surface area contributed by atoms with Crippen molar-refractivity contribution in [1.82, 2.24) is 9.80 Å². The van der Waals surface area contributed by atoms with E-state index < -0.39 is 0 Å². The van der Waals surface area contributed by atoms with Crippen molar-refractivity contribution in [2.45, 2.75) is 13.1 Å². The molecule has 0 spiro atoms. The van der Waals surface area contributed by atoms with Gasteiger partial charge in [0.25, 0.3) is 0 Å². The highest BCUT2D eigenvalue weighted by Crippen LogP contribution is 2.12. The van der Waals surface area contributed by atoms with E-state index in [2.05, 4.69) is 52.3 Å². The number of benzene rings is 2. The van der Waals surface area contributed by atoms with Crippen LogP contribution in [0.25, 0.3) is 0 Å². The van der Waals surface area contributed by atoms with Crippen molar-refractivity contribution >= 4 is 17.2 Å². The quantitative estimate of drug-likeness (QED) is 0.857. The minimum atomic E-state index is 0.472. The van der Waals surface area contributed by atoms with E-state index in [9.17, 15) is 0 Å². The summed E-state index contributed by atoms with van der Waals surface area (Å²) in [6.45, 7) is 6.45. The summed E-state index contributed by atoms with van der Waals surface area (Å²) in [6.07, 6.45) is 0. The first-order valence-electron chi connectivity index (χ1n) is 8.08. The van der Waals surface area contributed by atoms with Crippen LogP contribution >= 0.6 is 12.2 Å². The lowest BCUT2D eigenvalue weighted by atomic mass is 10.1.